The molecule has 0 heterocycles. The second-order valence-corrected chi connectivity index (χ2v) is 4.69. The highest BCUT2D eigenvalue weighted by molar-refractivity contribution is 6.31. The van der Waals surface area contributed by atoms with Crippen LogP contribution in [0.15, 0.2) is 54.6 Å². The van der Waals surface area contributed by atoms with Crippen molar-refractivity contribution in [1.29, 1.82) is 0 Å². The third-order valence-corrected chi connectivity index (χ3v) is 3.15. The maximum absolute atomic E-state index is 6.08. The van der Waals surface area contributed by atoms with Gasteiger partial charge in [0, 0.05) is 11.6 Å². The Kier molecular flexibility index (Phi) is 5.73. The van der Waals surface area contributed by atoms with Crippen molar-refractivity contribution >= 4 is 11.6 Å². The van der Waals surface area contributed by atoms with Crippen LogP contribution in [0.5, 0.6) is 5.75 Å². The van der Waals surface area contributed by atoms with Gasteiger partial charge in [-0.2, -0.15) is 0 Å². The molecule has 2 aromatic carbocycles. The zero-order valence-corrected chi connectivity index (χ0v) is 11.6. The molecule has 3 heteroatoms. The lowest BCUT2D eigenvalue weighted by molar-refractivity contribution is 0.308. The second-order valence-electron chi connectivity index (χ2n) is 4.28. The van der Waals surface area contributed by atoms with E-state index in [0.717, 1.165) is 42.5 Å². The van der Waals surface area contributed by atoms with Gasteiger partial charge in [0.25, 0.3) is 0 Å². The van der Waals surface area contributed by atoms with Crippen LogP contribution < -0.4 is 10.1 Å². The van der Waals surface area contributed by atoms with Gasteiger partial charge in [-0.15, -0.1) is 0 Å². The van der Waals surface area contributed by atoms with Crippen molar-refractivity contribution in [2.75, 3.05) is 13.2 Å². The van der Waals surface area contributed by atoms with Gasteiger partial charge < -0.3 is 10.1 Å². The Bertz CT molecular complexity index is 487. The summed E-state index contributed by atoms with van der Waals surface area (Å²) in [5, 5.41) is 4.18. The van der Waals surface area contributed by atoms with Crippen LogP contribution in [-0.2, 0) is 6.54 Å². The van der Waals surface area contributed by atoms with Crippen LogP contribution in [0, 0.1) is 0 Å². The molecule has 100 valence electrons. The highest BCUT2D eigenvalue weighted by atomic mass is 35.5. The van der Waals surface area contributed by atoms with Crippen molar-refractivity contribution in [1.82, 2.24) is 5.32 Å². The lowest BCUT2D eigenvalue weighted by Crippen LogP contribution is -2.17. The van der Waals surface area contributed by atoms with Gasteiger partial charge in [-0.3, -0.25) is 0 Å². The lowest BCUT2D eigenvalue weighted by atomic mass is 10.2. The number of hydrogen-bond acceptors (Lipinski definition) is 2. The molecule has 2 nitrogen and oxygen atoms in total. The lowest BCUT2D eigenvalue weighted by Gasteiger charge is -2.08. The fourth-order valence-corrected chi connectivity index (χ4v) is 1.97. The average molecular weight is 276 g/mol. The molecule has 1 N–H and O–H groups in total. The first-order valence-electron chi connectivity index (χ1n) is 6.48. The van der Waals surface area contributed by atoms with Gasteiger partial charge >= 0.3 is 0 Å². The van der Waals surface area contributed by atoms with E-state index in [0.29, 0.717) is 0 Å². The predicted octanol–water partition coefficient (Wildman–Crippen LogP) is 3.90. The van der Waals surface area contributed by atoms with E-state index < -0.39 is 0 Å². The largest absolute Gasteiger partial charge is 0.494 e. The van der Waals surface area contributed by atoms with E-state index in [4.69, 9.17) is 16.3 Å². The van der Waals surface area contributed by atoms with Crippen LogP contribution >= 0.6 is 11.6 Å². The van der Waals surface area contributed by atoms with E-state index in [1.165, 1.54) is 0 Å². The Hall–Kier alpha value is -1.51. The summed E-state index contributed by atoms with van der Waals surface area (Å²) < 4.78 is 5.62. The maximum atomic E-state index is 6.08. The summed E-state index contributed by atoms with van der Waals surface area (Å²) in [6.07, 6.45) is 0.972. The minimum Gasteiger partial charge on any atom is -0.494 e. The third kappa shape index (κ3) is 4.93. The van der Waals surface area contributed by atoms with E-state index in [2.05, 4.69) is 5.32 Å². The van der Waals surface area contributed by atoms with Crippen LogP contribution in [0.4, 0.5) is 0 Å². The van der Waals surface area contributed by atoms with E-state index in [-0.39, 0.29) is 0 Å². The predicted molar refractivity (Wildman–Crippen MR) is 79.7 cm³/mol. The molecule has 2 aromatic rings. The van der Waals surface area contributed by atoms with Crippen molar-refractivity contribution in [2.45, 2.75) is 13.0 Å². The normalized spacial score (nSPS) is 10.4. The summed E-state index contributed by atoms with van der Waals surface area (Å²) in [4.78, 5) is 0. The van der Waals surface area contributed by atoms with Gasteiger partial charge in [-0.05, 0) is 36.7 Å². The number of nitrogens with one attached hydrogen (secondary N) is 1. The number of rotatable bonds is 7. The summed E-state index contributed by atoms with van der Waals surface area (Å²) in [5.41, 5.74) is 1.13. The van der Waals surface area contributed by atoms with Crippen LogP contribution in [0.25, 0.3) is 0 Å². The summed E-state index contributed by atoms with van der Waals surface area (Å²) >= 11 is 6.08. The molecule has 0 radical (unpaired) electrons. The first kappa shape index (κ1) is 13.9. The summed E-state index contributed by atoms with van der Waals surface area (Å²) in [5.74, 6) is 0.925. The minimum absolute atomic E-state index is 0.722. The van der Waals surface area contributed by atoms with Crippen molar-refractivity contribution < 1.29 is 4.74 Å². The standard InChI is InChI=1S/C16H18ClNO/c17-16-10-5-4-7-14(16)13-18-11-6-12-19-15-8-2-1-3-9-15/h1-5,7-10,18H,6,11-13H2. The molecule has 0 spiro atoms. The van der Waals surface area contributed by atoms with Crippen LogP contribution in [0.1, 0.15) is 12.0 Å². The molecule has 0 bridgehead atoms. The van der Waals surface area contributed by atoms with Gasteiger partial charge in [0.1, 0.15) is 5.75 Å². The summed E-state index contributed by atoms with van der Waals surface area (Å²) in [7, 11) is 0. The smallest absolute Gasteiger partial charge is 0.119 e. The number of ether oxygens (including phenoxy) is 1. The van der Waals surface area contributed by atoms with Gasteiger partial charge in [0.2, 0.25) is 0 Å². The Balaban J connectivity index is 1.59. The first-order chi connectivity index (χ1) is 9.36. The van der Waals surface area contributed by atoms with Gasteiger partial charge in [0.15, 0.2) is 0 Å². The quantitative estimate of drug-likeness (QED) is 0.774. The molecule has 2 rings (SSSR count). The molecule has 0 unspecified atom stereocenters. The molecule has 0 amide bonds. The maximum Gasteiger partial charge on any atom is 0.119 e. The van der Waals surface area contributed by atoms with Crippen LogP contribution in [-0.4, -0.2) is 13.2 Å². The van der Waals surface area contributed by atoms with E-state index >= 15 is 0 Å². The Morgan fingerprint density at radius 1 is 0.947 bits per heavy atom. The molecule has 0 saturated heterocycles. The van der Waals surface area contributed by atoms with E-state index in [1.54, 1.807) is 0 Å². The number of hydrogen-bond donors (Lipinski definition) is 1. The van der Waals surface area contributed by atoms with Gasteiger partial charge in [-0.25, -0.2) is 0 Å². The topological polar surface area (TPSA) is 21.3 Å². The zero-order chi connectivity index (χ0) is 13.3. The highest BCUT2D eigenvalue weighted by Crippen LogP contribution is 2.14. The van der Waals surface area contributed by atoms with Crippen molar-refractivity contribution in [3.63, 3.8) is 0 Å². The Morgan fingerprint density at radius 3 is 2.47 bits per heavy atom. The SMILES string of the molecule is Clc1ccccc1CNCCCOc1ccccc1. The number of para-hydroxylation sites is 1. The molecule has 0 fully saturated rings. The molecular formula is C16H18ClNO. The van der Waals surface area contributed by atoms with Crippen molar-refractivity contribution in [3.05, 3.63) is 65.2 Å². The second kappa shape index (κ2) is 7.82. The molecule has 0 saturated carbocycles. The monoisotopic (exact) mass is 275 g/mol. The molecular weight excluding hydrogens is 258 g/mol. The molecule has 0 aromatic heterocycles. The molecule has 0 aliphatic carbocycles. The van der Waals surface area contributed by atoms with E-state index in [1.807, 2.05) is 54.6 Å². The highest BCUT2D eigenvalue weighted by Gasteiger charge is 1.97. The van der Waals surface area contributed by atoms with Crippen LogP contribution in [0.2, 0.25) is 5.02 Å². The van der Waals surface area contributed by atoms with Crippen LogP contribution in [0.3, 0.4) is 0 Å². The van der Waals surface area contributed by atoms with Gasteiger partial charge in [0.05, 0.1) is 6.61 Å². The fraction of sp³-hybridized carbons (Fsp3) is 0.250. The van der Waals surface area contributed by atoms with Crippen molar-refractivity contribution in [2.24, 2.45) is 0 Å². The zero-order valence-electron chi connectivity index (χ0n) is 10.8. The minimum atomic E-state index is 0.722. The molecule has 0 aliphatic rings. The molecule has 0 aliphatic heterocycles. The number of benzene rings is 2. The summed E-state index contributed by atoms with van der Waals surface area (Å²) in [6.45, 7) is 2.43. The Labute approximate surface area is 119 Å². The molecule has 19 heavy (non-hydrogen) atoms. The molecule has 0 atom stereocenters. The Morgan fingerprint density at radius 2 is 1.68 bits per heavy atom. The summed E-state index contributed by atoms with van der Waals surface area (Å²) in [6, 6.07) is 17.8. The van der Waals surface area contributed by atoms with E-state index in [9.17, 15) is 0 Å². The first-order valence-corrected chi connectivity index (χ1v) is 6.86. The number of halogens is 1. The average Bonchev–Trinajstić information content (AvgIpc) is 2.45. The van der Waals surface area contributed by atoms with Crippen molar-refractivity contribution in [3.8, 4) is 5.75 Å². The van der Waals surface area contributed by atoms with Gasteiger partial charge in [-0.1, -0.05) is 48.0 Å². The fourth-order valence-electron chi connectivity index (χ4n) is 1.77. The third-order valence-electron chi connectivity index (χ3n) is 2.78.